The number of hydrogen-bond acceptors (Lipinski definition) is 7. The topological polar surface area (TPSA) is 127 Å². The highest BCUT2D eigenvalue weighted by Gasteiger charge is 2.41. The number of carbonyl (C=O) groups is 2. The summed E-state index contributed by atoms with van der Waals surface area (Å²) in [5.41, 5.74) is -0.378. The predicted octanol–water partition coefficient (Wildman–Crippen LogP) is 7.49. The Morgan fingerprint density at radius 1 is 0.821 bits per heavy atom. The highest BCUT2D eigenvalue weighted by atomic mass is 19.1. The number of hydrogen-bond donors (Lipinski definition) is 5. The largest absolute Gasteiger partial charge is 0.457 e. The second-order valence-electron chi connectivity index (χ2n) is 16.5. The Bertz CT molecular complexity index is 1410. The first-order valence-corrected chi connectivity index (χ1v) is 21.0. The monoisotopic (exact) mass is 785 g/mol. The molecule has 2 aromatic rings. The summed E-state index contributed by atoms with van der Waals surface area (Å²) < 4.78 is 24.6. The van der Waals surface area contributed by atoms with Crippen molar-refractivity contribution < 1.29 is 28.6 Å². The van der Waals surface area contributed by atoms with Crippen LogP contribution in [-0.4, -0.2) is 106 Å². The molecule has 2 aliphatic heterocycles. The van der Waals surface area contributed by atoms with Crippen LogP contribution in [0.1, 0.15) is 97.5 Å². The van der Waals surface area contributed by atoms with Crippen LogP contribution in [0.4, 0.5) is 14.0 Å². The molecule has 2 fully saturated rings. The number of piperidine rings is 2. The number of unbranched alkanes of at least 4 members (excludes halogenated alkanes) is 1. The van der Waals surface area contributed by atoms with Gasteiger partial charge in [-0.1, -0.05) is 39.8 Å². The third-order valence-corrected chi connectivity index (χ3v) is 10.6. The molecule has 0 radical (unpaired) electrons. The van der Waals surface area contributed by atoms with Crippen LogP contribution in [0.15, 0.2) is 48.5 Å². The van der Waals surface area contributed by atoms with E-state index in [0.29, 0.717) is 56.0 Å². The lowest BCUT2D eigenvalue weighted by molar-refractivity contribution is -0.0565. The lowest BCUT2D eigenvalue weighted by atomic mass is 9.74. The zero-order chi connectivity index (χ0) is 40.9. The number of halogens is 1. The van der Waals surface area contributed by atoms with E-state index in [1.54, 1.807) is 19.2 Å². The second-order valence-corrected chi connectivity index (χ2v) is 16.5. The van der Waals surface area contributed by atoms with E-state index in [9.17, 15) is 19.1 Å². The van der Waals surface area contributed by atoms with Crippen molar-refractivity contribution in [2.45, 2.75) is 110 Å². The summed E-state index contributed by atoms with van der Waals surface area (Å²) in [6.07, 6.45) is 9.29. The molecule has 12 heteroatoms. The molecule has 0 aromatic heterocycles. The van der Waals surface area contributed by atoms with Crippen LogP contribution < -0.4 is 26.0 Å². The van der Waals surface area contributed by atoms with E-state index in [-0.39, 0.29) is 35.9 Å². The molecule has 56 heavy (non-hydrogen) atoms. The number of nitrogens with zero attached hydrogens (tertiary/aromatic N) is 2. The summed E-state index contributed by atoms with van der Waals surface area (Å²) in [6.45, 7) is 13.9. The van der Waals surface area contributed by atoms with Gasteiger partial charge in [0.2, 0.25) is 0 Å². The molecule has 5 N–H and O–H groups in total. The maximum Gasteiger partial charge on any atom is 0.317 e. The number of ether oxygens (including phenoxy) is 2. The zero-order valence-electron chi connectivity index (χ0n) is 35.4. The van der Waals surface area contributed by atoms with Gasteiger partial charge in [-0.2, -0.15) is 0 Å². The van der Waals surface area contributed by atoms with E-state index in [4.69, 9.17) is 9.47 Å². The maximum atomic E-state index is 13.3. The summed E-state index contributed by atoms with van der Waals surface area (Å²) in [4.78, 5) is 29.2. The average molecular weight is 785 g/mol. The van der Waals surface area contributed by atoms with Crippen LogP contribution in [0, 0.1) is 23.6 Å². The fourth-order valence-corrected chi connectivity index (χ4v) is 7.89. The lowest BCUT2D eigenvalue weighted by Gasteiger charge is -2.43. The molecule has 11 nitrogen and oxygen atoms in total. The minimum atomic E-state index is -1.14. The maximum absolute atomic E-state index is 13.3. The average Bonchev–Trinajstić information content (AvgIpc) is 3.18. The Morgan fingerprint density at radius 3 is 1.98 bits per heavy atom. The van der Waals surface area contributed by atoms with Crippen LogP contribution >= 0.6 is 0 Å². The number of urea groups is 2. The molecule has 2 heterocycles. The highest BCUT2D eigenvalue weighted by molar-refractivity contribution is 5.75. The Kier molecular flexibility index (Phi) is 21.0. The number of amides is 4. The summed E-state index contributed by atoms with van der Waals surface area (Å²) in [5, 5.41) is 25.0. The van der Waals surface area contributed by atoms with Gasteiger partial charge < -0.3 is 45.6 Å². The van der Waals surface area contributed by atoms with Crippen molar-refractivity contribution in [3.05, 3.63) is 59.9 Å². The van der Waals surface area contributed by atoms with Crippen molar-refractivity contribution >= 4 is 12.1 Å². The molecule has 0 aliphatic carbocycles. The van der Waals surface area contributed by atoms with E-state index in [1.807, 2.05) is 48.2 Å². The van der Waals surface area contributed by atoms with Crippen molar-refractivity contribution in [2.24, 2.45) is 17.8 Å². The number of carbonyl (C=O) groups excluding carboxylic acids is 2. The first-order chi connectivity index (χ1) is 26.9. The van der Waals surface area contributed by atoms with Gasteiger partial charge in [0, 0.05) is 71.0 Å². The van der Waals surface area contributed by atoms with Gasteiger partial charge >= 0.3 is 12.1 Å². The standard InChI is InChI=1S/C31H46FN3O4.C13H27N3O/c1-23(2)19-27(21-33-3)34-30(36)35-17-8-10-25(22-35)31(37,16-5-6-18-38-4)24-9-7-11-29(20-24)39-28-14-12-26(32)13-15-28;1-11(2)9-12(10-14-3)15-13(17)16-7-5-4-6-8-16/h7,9,11-15,20,23,25,27,33,37H,5-6,8,10,16-19,21-22H2,1-4H3,(H,34,36);11-12,14H,4-10H2,1-3H3,(H,15,17)/t25-,27+,31-;12-/m10/s1. The lowest BCUT2D eigenvalue weighted by Crippen LogP contribution is -2.53. The number of benzene rings is 2. The minimum absolute atomic E-state index is 0.0519. The van der Waals surface area contributed by atoms with E-state index in [2.05, 4.69) is 49.0 Å². The Labute approximate surface area is 336 Å². The second kappa shape index (κ2) is 25.0. The van der Waals surface area contributed by atoms with Crippen molar-refractivity contribution in [2.75, 3.05) is 67.1 Å². The fourth-order valence-electron chi connectivity index (χ4n) is 7.89. The highest BCUT2D eigenvalue weighted by Crippen LogP contribution is 2.41. The van der Waals surface area contributed by atoms with Gasteiger partial charge in [-0.3, -0.25) is 0 Å². The summed E-state index contributed by atoms with van der Waals surface area (Å²) >= 11 is 0. The van der Waals surface area contributed by atoms with Crippen molar-refractivity contribution in [3.63, 3.8) is 0 Å². The summed E-state index contributed by atoms with van der Waals surface area (Å²) in [6, 6.07) is 13.7. The van der Waals surface area contributed by atoms with E-state index >= 15 is 0 Å². The number of aliphatic hydroxyl groups is 1. The van der Waals surface area contributed by atoms with Gasteiger partial charge in [0.25, 0.3) is 0 Å². The quantitative estimate of drug-likeness (QED) is 0.0935. The van der Waals surface area contributed by atoms with Gasteiger partial charge in [0.15, 0.2) is 0 Å². The molecule has 2 aromatic carbocycles. The molecule has 0 unspecified atom stereocenters. The van der Waals surface area contributed by atoms with Crippen LogP contribution in [0.2, 0.25) is 0 Å². The molecule has 2 saturated heterocycles. The molecule has 2 aliphatic rings. The summed E-state index contributed by atoms with van der Waals surface area (Å²) in [7, 11) is 5.51. The third kappa shape index (κ3) is 16.2. The number of methoxy groups -OCH3 is 1. The summed E-state index contributed by atoms with van der Waals surface area (Å²) in [5.74, 6) is 1.72. The predicted molar refractivity (Wildman–Crippen MR) is 224 cm³/mol. The van der Waals surface area contributed by atoms with Gasteiger partial charge in [-0.05, 0) is 132 Å². The van der Waals surface area contributed by atoms with E-state index < -0.39 is 5.60 Å². The SMILES string of the molecule is CNC[C@H](CC(C)C)NC(=O)N1CCCCC1.CNC[C@H](CC(C)C)NC(=O)N1CCC[C@@H]([C@@](O)(CCCCOC)c2cccc(Oc3ccc(F)cc3)c2)C1. The smallest absolute Gasteiger partial charge is 0.317 e. The van der Waals surface area contributed by atoms with Gasteiger partial charge in [0.05, 0.1) is 5.60 Å². The number of likely N-dealkylation sites (tertiary alicyclic amines) is 2. The molecule has 4 amide bonds. The normalized spacial score (nSPS) is 18.1. The van der Waals surface area contributed by atoms with Crippen LogP contribution in [0.5, 0.6) is 11.5 Å². The van der Waals surface area contributed by atoms with Gasteiger partial charge in [-0.15, -0.1) is 0 Å². The molecular formula is C44H73FN6O5. The van der Waals surface area contributed by atoms with Crippen molar-refractivity contribution in [1.29, 1.82) is 0 Å². The molecular weight excluding hydrogens is 712 g/mol. The van der Waals surface area contributed by atoms with E-state index in [0.717, 1.165) is 76.6 Å². The van der Waals surface area contributed by atoms with Crippen LogP contribution in [-0.2, 0) is 10.3 Å². The zero-order valence-corrected chi connectivity index (χ0v) is 35.4. The molecule has 0 spiro atoms. The molecule has 316 valence electrons. The first kappa shape index (κ1) is 46.9. The van der Waals surface area contributed by atoms with Crippen molar-refractivity contribution in [3.8, 4) is 11.5 Å². The number of likely N-dealkylation sites (N-methyl/N-ethyl adjacent to an activating group) is 2. The Hall–Kier alpha value is -3.45. The number of nitrogens with one attached hydrogen (secondary N) is 4. The molecule has 4 atom stereocenters. The van der Waals surface area contributed by atoms with Crippen LogP contribution in [0.3, 0.4) is 0 Å². The molecule has 0 bridgehead atoms. The van der Waals surface area contributed by atoms with Gasteiger partial charge in [0.1, 0.15) is 17.3 Å². The Morgan fingerprint density at radius 2 is 1.41 bits per heavy atom. The third-order valence-electron chi connectivity index (χ3n) is 10.6. The fraction of sp³-hybridized carbons (Fsp3) is 0.682. The first-order valence-electron chi connectivity index (χ1n) is 21.0. The van der Waals surface area contributed by atoms with Crippen molar-refractivity contribution in [1.82, 2.24) is 31.1 Å². The Balaban J connectivity index is 0.000000413. The van der Waals surface area contributed by atoms with E-state index in [1.165, 1.54) is 18.6 Å². The van der Waals surface area contributed by atoms with Gasteiger partial charge in [-0.25, -0.2) is 14.0 Å². The number of rotatable bonds is 19. The van der Waals surface area contributed by atoms with Crippen LogP contribution in [0.25, 0.3) is 0 Å². The molecule has 4 rings (SSSR count). The minimum Gasteiger partial charge on any atom is -0.457 e. The molecule has 0 saturated carbocycles.